The summed E-state index contributed by atoms with van der Waals surface area (Å²) in [6.45, 7) is 4.97. The molecule has 9 heteroatoms. The minimum Gasteiger partial charge on any atom is -0.393 e. The summed E-state index contributed by atoms with van der Waals surface area (Å²) in [6, 6.07) is 3.92. The third-order valence-corrected chi connectivity index (χ3v) is 5.85. The average Bonchev–Trinajstić information content (AvgIpc) is 3.31. The Hall–Kier alpha value is -3.49. The van der Waals surface area contributed by atoms with Crippen molar-refractivity contribution in [2.75, 3.05) is 11.1 Å². The van der Waals surface area contributed by atoms with Gasteiger partial charge in [-0.1, -0.05) is 12.1 Å². The number of carbonyl (C=O) groups excluding carboxylic acids is 1. The maximum atomic E-state index is 11.2. The molecule has 0 unspecified atom stereocenters. The molecule has 0 bridgehead atoms. The van der Waals surface area contributed by atoms with Crippen molar-refractivity contribution in [3.63, 3.8) is 0 Å². The second-order valence-corrected chi connectivity index (χ2v) is 8.05. The van der Waals surface area contributed by atoms with E-state index in [9.17, 15) is 25.0 Å². The Kier molecular flexibility index (Phi) is 6.24. The van der Waals surface area contributed by atoms with Crippen molar-refractivity contribution < 1.29 is 14.6 Å². The van der Waals surface area contributed by atoms with Gasteiger partial charge in [-0.3, -0.25) is 25.0 Å². The molecule has 0 atom stereocenters. The molecular formula is C22H26N4O5. The third-order valence-electron chi connectivity index (χ3n) is 5.85. The Bertz CT molecular complexity index is 1090. The monoisotopic (exact) mass is 426 g/mol. The zero-order valence-electron chi connectivity index (χ0n) is 17.9. The zero-order valence-corrected chi connectivity index (χ0v) is 17.9. The average molecular weight is 426 g/mol. The Labute approximate surface area is 179 Å². The van der Waals surface area contributed by atoms with Crippen LogP contribution >= 0.6 is 0 Å². The van der Waals surface area contributed by atoms with Gasteiger partial charge < -0.3 is 11.1 Å². The van der Waals surface area contributed by atoms with Crippen molar-refractivity contribution in [1.82, 2.24) is 0 Å². The third kappa shape index (κ3) is 4.35. The summed E-state index contributed by atoms with van der Waals surface area (Å²) in [5.74, 6) is -0.283. The maximum absolute atomic E-state index is 11.2. The highest BCUT2D eigenvalue weighted by atomic mass is 16.6. The highest BCUT2D eigenvalue weighted by Gasteiger charge is 2.28. The summed E-state index contributed by atoms with van der Waals surface area (Å²) >= 11 is 0. The van der Waals surface area contributed by atoms with Crippen LogP contribution in [0, 0.1) is 34.1 Å². The second kappa shape index (κ2) is 8.71. The van der Waals surface area contributed by atoms with E-state index in [1.54, 1.807) is 6.92 Å². The van der Waals surface area contributed by atoms with Crippen molar-refractivity contribution in [3.8, 4) is 0 Å². The van der Waals surface area contributed by atoms with E-state index < -0.39 is 0 Å². The van der Waals surface area contributed by atoms with Crippen molar-refractivity contribution in [1.29, 1.82) is 0 Å². The first-order valence-corrected chi connectivity index (χ1v) is 10.2. The number of fused-ring (bicyclic) bond motifs is 2. The van der Waals surface area contributed by atoms with Crippen LogP contribution in [0.25, 0.3) is 0 Å². The molecule has 0 aliphatic heterocycles. The number of nitro benzene ring substituents is 2. The van der Waals surface area contributed by atoms with E-state index in [-0.39, 0.29) is 27.1 Å². The number of anilines is 2. The van der Waals surface area contributed by atoms with E-state index in [1.807, 2.05) is 19.1 Å². The molecule has 2 aromatic carbocycles. The Balaban J connectivity index is 0.000000179. The van der Waals surface area contributed by atoms with Crippen LogP contribution in [0.2, 0.25) is 0 Å². The van der Waals surface area contributed by atoms with E-state index in [4.69, 9.17) is 5.73 Å². The quantitative estimate of drug-likeness (QED) is 0.425. The van der Waals surface area contributed by atoms with Crippen LogP contribution in [0.4, 0.5) is 22.7 Å². The Morgan fingerprint density at radius 2 is 1.39 bits per heavy atom. The van der Waals surface area contributed by atoms with Crippen LogP contribution in [0.5, 0.6) is 0 Å². The number of aryl methyl sites for hydroxylation is 4. The largest absolute Gasteiger partial charge is 0.393 e. The standard InChI is InChI=1S/C12H14N2O3.C10H12N2O2/c1-7-6-9-4-3-5-10(9)12(14(16)17)11(7)13-8(2)15;1-6-5-7-3-2-4-8(7)10(9(6)11)12(13)14/h6H,3-5H2,1-2H3,(H,13,15);5H,2-4,11H2,1H3. The van der Waals surface area contributed by atoms with Crippen molar-refractivity contribution in [2.45, 2.75) is 59.3 Å². The minimum absolute atomic E-state index is 0.0766. The number of benzene rings is 2. The molecule has 0 heterocycles. The van der Waals surface area contributed by atoms with Gasteiger partial charge in [-0.25, -0.2) is 0 Å². The number of amides is 1. The first kappa shape index (κ1) is 22.2. The predicted molar refractivity (Wildman–Crippen MR) is 118 cm³/mol. The van der Waals surface area contributed by atoms with Crippen LogP contribution < -0.4 is 11.1 Å². The van der Waals surface area contributed by atoms with E-state index in [1.165, 1.54) is 6.92 Å². The molecule has 1 amide bonds. The SMILES string of the molecule is CC(=O)Nc1c(C)cc2c(c1[N+](=O)[O-])CCC2.Cc1cc2c(c([N+](=O)[O-])c1N)CCC2. The normalized spacial score (nSPS) is 13.6. The fourth-order valence-corrected chi connectivity index (χ4v) is 4.50. The van der Waals surface area contributed by atoms with Gasteiger partial charge in [0.1, 0.15) is 11.4 Å². The molecule has 0 spiro atoms. The second-order valence-electron chi connectivity index (χ2n) is 8.05. The highest BCUT2D eigenvalue weighted by Crippen LogP contribution is 2.39. The summed E-state index contributed by atoms with van der Waals surface area (Å²) in [6.07, 6.45) is 5.28. The number of rotatable bonds is 3. The molecule has 31 heavy (non-hydrogen) atoms. The van der Waals surface area contributed by atoms with E-state index in [2.05, 4.69) is 5.32 Å². The lowest BCUT2D eigenvalue weighted by atomic mass is 10.0. The molecule has 0 aromatic heterocycles. The topological polar surface area (TPSA) is 141 Å². The highest BCUT2D eigenvalue weighted by molar-refractivity contribution is 5.93. The lowest BCUT2D eigenvalue weighted by Crippen LogP contribution is -2.11. The smallest absolute Gasteiger partial charge is 0.296 e. The van der Waals surface area contributed by atoms with E-state index >= 15 is 0 Å². The van der Waals surface area contributed by atoms with Crippen molar-refractivity contribution in [3.05, 3.63) is 65.7 Å². The molecule has 0 saturated heterocycles. The van der Waals surface area contributed by atoms with Crippen molar-refractivity contribution >= 4 is 28.7 Å². The molecule has 4 rings (SSSR count). The summed E-state index contributed by atoms with van der Waals surface area (Å²) in [4.78, 5) is 32.4. The van der Waals surface area contributed by atoms with Gasteiger partial charge in [-0.05, 0) is 74.6 Å². The van der Waals surface area contributed by atoms with Crippen LogP contribution in [-0.4, -0.2) is 15.8 Å². The van der Waals surface area contributed by atoms with Crippen LogP contribution in [0.3, 0.4) is 0 Å². The van der Waals surface area contributed by atoms with Gasteiger partial charge >= 0.3 is 0 Å². The fraction of sp³-hybridized carbons (Fsp3) is 0.409. The van der Waals surface area contributed by atoms with Crippen molar-refractivity contribution in [2.24, 2.45) is 0 Å². The van der Waals surface area contributed by atoms with Gasteiger partial charge in [0.25, 0.3) is 11.4 Å². The molecule has 0 saturated carbocycles. The molecule has 9 nitrogen and oxygen atoms in total. The fourth-order valence-electron chi connectivity index (χ4n) is 4.50. The summed E-state index contributed by atoms with van der Waals surface area (Å²) in [5.41, 5.74) is 12.0. The Morgan fingerprint density at radius 3 is 1.87 bits per heavy atom. The lowest BCUT2D eigenvalue weighted by molar-refractivity contribution is -0.384. The molecular weight excluding hydrogens is 400 g/mol. The molecule has 0 fully saturated rings. The van der Waals surface area contributed by atoms with Gasteiger partial charge in [0.05, 0.1) is 9.85 Å². The molecule has 0 radical (unpaired) electrons. The zero-order chi connectivity index (χ0) is 22.9. The molecule has 2 aliphatic carbocycles. The van der Waals surface area contributed by atoms with Gasteiger partial charge in [0, 0.05) is 18.1 Å². The van der Waals surface area contributed by atoms with Crippen LogP contribution in [0.15, 0.2) is 12.1 Å². The van der Waals surface area contributed by atoms with Gasteiger partial charge in [-0.2, -0.15) is 0 Å². The molecule has 2 aliphatic rings. The van der Waals surface area contributed by atoms with Crippen LogP contribution in [-0.2, 0) is 30.5 Å². The Morgan fingerprint density at radius 1 is 0.903 bits per heavy atom. The van der Waals surface area contributed by atoms with Gasteiger partial charge in [0.2, 0.25) is 5.91 Å². The minimum atomic E-state index is -0.386. The summed E-state index contributed by atoms with van der Waals surface area (Å²) in [7, 11) is 0. The molecule has 164 valence electrons. The first-order chi connectivity index (χ1) is 14.6. The van der Waals surface area contributed by atoms with E-state index in [0.717, 1.165) is 71.9 Å². The first-order valence-electron chi connectivity index (χ1n) is 10.2. The summed E-state index contributed by atoms with van der Waals surface area (Å²) in [5, 5.41) is 24.6. The predicted octanol–water partition coefficient (Wildman–Crippen LogP) is 4.32. The number of nitrogens with zero attached hydrogens (tertiary/aromatic N) is 2. The van der Waals surface area contributed by atoms with Crippen LogP contribution in [0.1, 0.15) is 53.1 Å². The van der Waals surface area contributed by atoms with Gasteiger partial charge in [-0.15, -0.1) is 0 Å². The summed E-state index contributed by atoms with van der Waals surface area (Å²) < 4.78 is 0. The molecule has 2 aromatic rings. The number of carbonyl (C=O) groups is 1. The van der Waals surface area contributed by atoms with Gasteiger partial charge in [0.15, 0.2) is 0 Å². The number of hydrogen-bond donors (Lipinski definition) is 2. The number of nitrogens with one attached hydrogen (secondary N) is 1. The number of nitro groups is 2. The number of nitrogens with two attached hydrogens (primary N) is 1. The van der Waals surface area contributed by atoms with E-state index in [0.29, 0.717) is 11.4 Å². The lowest BCUT2D eigenvalue weighted by Gasteiger charge is -2.11. The number of hydrogen-bond acceptors (Lipinski definition) is 6. The number of nitrogen functional groups attached to an aromatic ring is 1. The molecule has 3 N–H and O–H groups in total. The maximum Gasteiger partial charge on any atom is 0.296 e.